The molecule has 4 N–H and O–H groups in total. The van der Waals surface area contributed by atoms with Crippen LogP contribution in [-0.2, 0) is 6.61 Å². The molecule has 9 heteroatoms. The van der Waals surface area contributed by atoms with Crippen molar-refractivity contribution < 1.29 is 9.52 Å². The SMILES string of the molecule is N#Cc1cccc(SN[C@H]2C[C@@H](Nc3c(-c4ncc(CO)o4)cnc4[nH]ccc34)C2)c1. The summed E-state index contributed by atoms with van der Waals surface area (Å²) in [4.78, 5) is 12.9. The van der Waals surface area contributed by atoms with Gasteiger partial charge in [-0.1, -0.05) is 6.07 Å². The highest BCUT2D eigenvalue weighted by Gasteiger charge is 2.30. The number of aromatic amines is 1. The van der Waals surface area contributed by atoms with Gasteiger partial charge in [0.2, 0.25) is 5.89 Å². The smallest absolute Gasteiger partial charge is 0.230 e. The number of nitriles is 1. The Morgan fingerprint density at radius 3 is 2.94 bits per heavy atom. The molecule has 1 fully saturated rings. The molecule has 0 atom stereocenters. The van der Waals surface area contributed by atoms with E-state index in [1.165, 1.54) is 6.20 Å². The summed E-state index contributed by atoms with van der Waals surface area (Å²) in [6.07, 6.45) is 7.06. The molecule has 0 spiro atoms. The van der Waals surface area contributed by atoms with Crippen LogP contribution in [-0.4, -0.2) is 32.1 Å². The fourth-order valence-corrected chi connectivity index (χ4v) is 4.47. The molecule has 1 aromatic carbocycles. The van der Waals surface area contributed by atoms with Crippen molar-refractivity contribution in [3.8, 4) is 17.5 Å². The first-order valence-corrected chi connectivity index (χ1v) is 10.8. The second-order valence-electron chi connectivity index (χ2n) is 7.45. The summed E-state index contributed by atoms with van der Waals surface area (Å²) in [7, 11) is 0. The van der Waals surface area contributed by atoms with Crippen LogP contribution in [0.15, 0.2) is 58.2 Å². The Kier molecular flexibility index (Phi) is 5.34. The number of nitrogens with one attached hydrogen (secondary N) is 3. The van der Waals surface area contributed by atoms with Crippen molar-refractivity contribution in [3.05, 3.63) is 60.2 Å². The van der Waals surface area contributed by atoms with E-state index in [0.717, 1.165) is 40.0 Å². The van der Waals surface area contributed by atoms with Gasteiger partial charge in [0.25, 0.3) is 0 Å². The number of hydrogen-bond acceptors (Lipinski definition) is 8. The van der Waals surface area contributed by atoms with Gasteiger partial charge in [-0.2, -0.15) is 5.26 Å². The molecule has 4 aromatic rings. The first kappa shape index (κ1) is 19.6. The predicted molar refractivity (Wildman–Crippen MR) is 118 cm³/mol. The van der Waals surface area contributed by atoms with Crippen LogP contribution in [0.2, 0.25) is 0 Å². The minimum atomic E-state index is -0.194. The molecular weight excluding hydrogens is 412 g/mol. The highest BCUT2D eigenvalue weighted by molar-refractivity contribution is 7.97. The van der Waals surface area contributed by atoms with E-state index >= 15 is 0 Å². The van der Waals surface area contributed by atoms with Crippen LogP contribution in [0.5, 0.6) is 0 Å². The summed E-state index contributed by atoms with van der Waals surface area (Å²) in [6.45, 7) is -0.194. The van der Waals surface area contributed by atoms with Crippen molar-refractivity contribution in [2.24, 2.45) is 0 Å². The monoisotopic (exact) mass is 432 g/mol. The van der Waals surface area contributed by atoms with Crippen LogP contribution in [0.4, 0.5) is 5.69 Å². The molecule has 1 aliphatic carbocycles. The summed E-state index contributed by atoms with van der Waals surface area (Å²) in [6, 6.07) is 12.4. The molecule has 3 aromatic heterocycles. The average Bonchev–Trinajstić information content (AvgIpc) is 3.44. The summed E-state index contributed by atoms with van der Waals surface area (Å²) < 4.78 is 9.14. The zero-order chi connectivity index (χ0) is 21.2. The molecular formula is C22H20N6O2S. The van der Waals surface area contributed by atoms with Crippen molar-refractivity contribution in [2.75, 3.05) is 5.32 Å². The summed E-state index contributed by atoms with van der Waals surface area (Å²) in [5.74, 6) is 0.851. The Hall–Kier alpha value is -3.32. The highest BCUT2D eigenvalue weighted by Crippen LogP contribution is 2.36. The molecule has 0 radical (unpaired) electrons. The van der Waals surface area contributed by atoms with E-state index in [1.54, 1.807) is 24.2 Å². The average molecular weight is 433 g/mol. The molecule has 3 heterocycles. The number of hydrogen-bond donors (Lipinski definition) is 4. The fourth-order valence-electron chi connectivity index (χ4n) is 3.65. The molecule has 0 amide bonds. The third-order valence-corrected chi connectivity index (χ3v) is 6.26. The molecule has 5 rings (SSSR count). The van der Waals surface area contributed by atoms with Gasteiger partial charge in [-0.3, -0.25) is 4.72 Å². The number of nitrogens with zero attached hydrogens (tertiary/aromatic N) is 3. The number of fused-ring (bicyclic) bond motifs is 1. The number of oxazole rings is 1. The summed E-state index contributed by atoms with van der Waals surface area (Å²) in [5, 5.41) is 22.9. The fraction of sp³-hybridized carbons (Fsp3) is 0.227. The van der Waals surface area contributed by atoms with Crippen molar-refractivity contribution >= 4 is 28.7 Å². The van der Waals surface area contributed by atoms with E-state index in [2.05, 4.69) is 31.1 Å². The molecule has 0 unspecified atom stereocenters. The third kappa shape index (κ3) is 4.01. The van der Waals surface area contributed by atoms with Gasteiger partial charge < -0.3 is 19.8 Å². The minimum Gasteiger partial charge on any atom is -0.439 e. The van der Waals surface area contributed by atoms with E-state index in [4.69, 9.17) is 9.68 Å². The van der Waals surface area contributed by atoms with Gasteiger partial charge in [0.1, 0.15) is 18.0 Å². The van der Waals surface area contributed by atoms with E-state index in [1.807, 2.05) is 30.5 Å². The van der Waals surface area contributed by atoms with Crippen LogP contribution >= 0.6 is 11.9 Å². The van der Waals surface area contributed by atoms with Gasteiger partial charge in [-0.15, -0.1) is 0 Å². The Labute approximate surface area is 182 Å². The van der Waals surface area contributed by atoms with Gasteiger partial charge in [-0.25, -0.2) is 9.97 Å². The van der Waals surface area contributed by atoms with Gasteiger partial charge >= 0.3 is 0 Å². The summed E-state index contributed by atoms with van der Waals surface area (Å²) in [5.41, 5.74) is 3.15. The second-order valence-corrected chi connectivity index (χ2v) is 8.36. The lowest BCUT2D eigenvalue weighted by molar-refractivity contribution is 0.248. The van der Waals surface area contributed by atoms with Crippen molar-refractivity contribution in [1.82, 2.24) is 19.7 Å². The second kappa shape index (κ2) is 8.43. The maximum atomic E-state index is 9.29. The van der Waals surface area contributed by atoms with E-state index < -0.39 is 0 Å². The van der Waals surface area contributed by atoms with Crippen LogP contribution < -0.4 is 10.0 Å². The Bertz CT molecular complexity index is 1250. The number of pyridine rings is 1. The summed E-state index contributed by atoms with van der Waals surface area (Å²) >= 11 is 1.56. The number of H-pyrrole nitrogens is 1. The molecule has 1 saturated carbocycles. The number of aliphatic hydroxyl groups excluding tert-OH is 1. The Morgan fingerprint density at radius 2 is 2.13 bits per heavy atom. The van der Waals surface area contributed by atoms with E-state index in [9.17, 15) is 5.11 Å². The molecule has 31 heavy (non-hydrogen) atoms. The Morgan fingerprint density at radius 1 is 1.23 bits per heavy atom. The van der Waals surface area contributed by atoms with Crippen molar-refractivity contribution in [2.45, 2.75) is 36.4 Å². The van der Waals surface area contributed by atoms with Gasteiger partial charge in [-0.05, 0) is 49.1 Å². The number of anilines is 1. The Balaban J connectivity index is 1.27. The number of benzene rings is 1. The zero-order valence-corrected chi connectivity index (χ0v) is 17.3. The topological polar surface area (TPSA) is 123 Å². The van der Waals surface area contributed by atoms with Gasteiger partial charge in [0, 0.05) is 34.8 Å². The molecule has 0 aliphatic heterocycles. The predicted octanol–water partition coefficient (Wildman–Crippen LogP) is 3.82. The van der Waals surface area contributed by atoms with Crippen LogP contribution in [0.1, 0.15) is 24.2 Å². The third-order valence-electron chi connectivity index (χ3n) is 5.32. The maximum absolute atomic E-state index is 9.29. The van der Waals surface area contributed by atoms with E-state index in [-0.39, 0.29) is 6.61 Å². The molecule has 0 bridgehead atoms. The number of aliphatic hydroxyl groups is 1. The van der Waals surface area contributed by atoms with E-state index in [0.29, 0.717) is 29.3 Å². The van der Waals surface area contributed by atoms with Gasteiger partial charge in [0.05, 0.1) is 29.1 Å². The lowest BCUT2D eigenvalue weighted by Gasteiger charge is -2.37. The van der Waals surface area contributed by atoms with Crippen LogP contribution in [0.3, 0.4) is 0 Å². The first-order chi connectivity index (χ1) is 15.2. The van der Waals surface area contributed by atoms with Crippen molar-refractivity contribution in [1.29, 1.82) is 5.26 Å². The van der Waals surface area contributed by atoms with Crippen LogP contribution in [0, 0.1) is 11.3 Å². The lowest BCUT2D eigenvalue weighted by Crippen LogP contribution is -2.45. The number of rotatable bonds is 7. The maximum Gasteiger partial charge on any atom is 0.230 e. The molecule has 0 saturated heterocycles. The first-order valence-electron chi connectivity index (χ1n) is 9.94. The quantitative estimate of drug-likeness (QED) is 0.325. The largest absolute Gasteiger partial charge is 0.439 e. The highest BCUT2D eigenvalue weighted by atomic mass is 32.2. The molecule has 156 valence electrons. The van der Waals surface area contributed by atoms with Gasteiger partial charge in [0.15, 0.2) is 0 Å². The zero-order valence-electron chi connectivity index (χ0n) is 16.5. The molecule has 8 nitrogen and oxygen atoms in total. The standard InChI is InChI=1S/C22H20N6O2S/c23-9-13-2-1-3-17(6-13)31-28-15-7-14(8-15)27-20-18-4-5-24-21(18)25-11-19(20)22-26-10-16(12-29)30-22/h1-6,10-11,14-15,28-29H,7-8,12H2,(H2,24,25,27)/t14-,15+. The normalized spacial score (nSPS) is 17.9. The molecule has 1 aliphatic rings. The minimum absolute atomic E-state index is 0.194. The lowest BCUT2D eigenvalue weighted by atomic mass is 9.87. The van der Waals surface area contributed by atoms with Crippen molar-refractivity contribution in [3.63, 3.8) is 0 Å². The number of aromatic nitrogens is 3. The van der Waals surface area contributed by atoms with Crippen LogP contribution in [0.25, 0.3) is 22.5 Å².